The molecule has 2 aromatic rings. The number of rotatable bonds is 2. The number of aryl methyl sites for hydroxylation is 3. The number of benzene rings is 1. The van der Waals surface area contributed by atoms with Crippen LogP contribution in [-0.2, 0) is 11.3 Å². The first kappa shape index (κ1) is 10.7. The highest BCUT2D eigenvalue weighted by Gasteiger charge is 2.09. The van der Waals surface area contributed by atoms with Gasteiger partial charge in [0.15, 0.2) is 0 Å². The smallest absolute Gasteiger partial charge is 0.0624 e. The van der Waals surface area contributed by atoms with Crippen LogP contribution in [0.15, 0.2) is 18.2 Å². The zero-order chi connectivity index (χ0) is 11.9. The average Bonchev–Trinajstić information content (AvgIpc) is 2.51. The largest absolute Gasteiger partial charge is 0.548 e. The summed E-state index contributed by atoms with van der Waals surface area (Å²) < 4.78 is 1.80. The lowest BCUT2D eigenvalue weighted by molar-refractivity contribution is -0.306. The van der Waals surface area contributed by atoms with Crippen molar-refractivity contribution in [2.24, 2.45) is 0 Å². The van der Waals surface area contributed by atoms with E-state index in [2.05, 4.69) is 6.07 Å². The molecule has 0 aliphatic heterocycles. The van der Waals surface area contributed by atoms with Gasteiger partial charge in [0.1, 0.15) is 0 Å². The quantitative estimate of drug-likeness (QED) is 0.760. The second-order valence-electron chi connectivity index (χ2n) is 4.21. The van der Waals surface area contributed by atoms with Crippen LogP contribution in [0.5, 0.6) is 0 Å². The molecule has 16 heavy (non-hydrogen) atoms. The van der Waals surface area contributed by atoms with Crippen molar-refractivity contribution in [1.82, 2.24) is 4.57 Å². The van der Waals surface area contributed by atoms with Crippen LogP contribution >= 0.6 is 0 Å². The van der Waals surface area contributed by atoms with E-state index in [4.69, 9.17) is 0 Å². The third-order valence-electron chi connectivity index (χ3n) is 2.97. The molecule has 3 heteroatoms. The van der Waals surface area contributed by atoms with E-state index in [0.717, 1.165) is 22.2 Å². The van der Waals surface area contributed by atoms with Gasteiger partial charge in [-0.2, -0.15) is 0 Å². The minimum absolute atomic E-state index is 0.0837. The van der Waals surface area contributed by atoms with E-state index < -0.39 is 5.97 Å². The highest BCUT2D eigenvalue weighted by atomic mass is 16.4. The van der Waals surface area contributed by atoms with Gasteiger partial charge in [-0.3, -0.25) is 0 Å². The SMILES string of the molecule is Cc1ccc(C)c2c1cc(C)n2CC(=O)[O-]. The van der Waals surface area contributed by atoms with Crippen molar-refractivity contribution in [1.29, 1.82) is 0 Å². The maximum absolute atomic E-state index is 10.7. The van der Waals surface area contributed by atoms with Crippen molar-refractivity contribution in [2.75, 3.05) is 0 Å². The van der Waals surface area contributed by atoms with E-state index in [0.29, 0.717) is 0 Å². The number of nitrogens with zero attached hydrogens (tertiary/aromatic N) is 1. The Morgan fingerprint density at radius 2 is 1.88 bits per heavy atom. The number of fused-ring (bicyclic) bond motifs is 1. The minimum Gasteiger partial charge on any atom is -0.548 e. The Morgan fingerprint density at radius 3 is 2.50 bits per heavy atom. The summed E-state index contributed by atoms with van der Waals surface area (Å²) in [5.74, 6) is -1.05. The van der Waals surface area contributed by atoms with Crippen molar-refractivity contribution < 1.29 is 9.90 Å². The van der Waals surface area contributed by atoms with Crippen LogP contribution in [0.4, 0.5) is 0 Å². The number of carbonyl (C=O) groups excluding carboxylic acids is 1. The van der Waals surface area contributed by atoms with Crippen LogP contribution in [0.2, 0.25) is 0 Å². The number of carboxylic acids is 1. The molecule has 2 rings (SSSR count). The fourth-order valence-corrected chi connectivity index (χ4v) is 2.15. The molecule has 1 aromatic heterocycles. The molecule has 0 N–H and O–H groups in total. The molecule has 0 saturated heterocycles. The Hall–Kier alpha value is -1.77. The maximum Gasteiger partial charge on any atom is 0.0624 e. The van der Waals surface area contributed by atoms with Crippen LogP contribution < -0.4 is 5.11 Å². The zero-order valence-electron chi connectivity index (χ0n) is 9.70. The van der Waals surface area contributed by atoms with Gasteiger partial charge in [-0.1, -0.05) is 12.1 Å². The highest BCUT2D eigenvalue weighted by molar-refractivity contribution is 5.88. The molecule has 3 nitrogen and oxygen atoms in total. The fraction of sp³-hybridized carbons (Fsp3) is 0.308. The van der Waals surface area contributed by atoms with Crippen LogP contribution in [0.3, 0.4) is 0 Å². The molecule has 0 bridgehead atoms. The van der Waals surface area contributed by atoms with E-state index in [-0.39, 0.29) is 6.54 Å². The molecular weight excluding hydrogens is 202 g/mol. The molecule has 0 saturated carbocycles. The first-order valence-electron chi connectivity index (χ1n) is 5.26. The topological polar surface area (TPSA) is 45.1 Å². The van der Waals surface area contributed by atoms with Gasteiger partial charge in [0.2, 0.25) is 0 Å². The third-order valence-corrected chi connectivity index (χ3v) is 2.97. The first-order chi connectivity index (χ1) is 7.50. The van der Waals surface area contributed by atoms with Gasteiger partial charge >= 0.3 is 0 Å². The molecule has 0 unspecified atom stereocenters. The van der Waals surface area contributed by atoms with Gasteiger partial charge in [0.05, 0.1) is 18.0 Å². The summed E-state index contributed by atoms with van der Waals surface area (Å²) in [5, 5.41) is 11.9. The van der Waals surface area contributed by atoms with Gasteiger partial charge in [0, 0.05) is 11.1 Å². The highest BCUT2D eigenvalue weighted by Crippen LogP contribution is 2.25. The Kier molecular flexibility index (Phi) is 2.46. The first-order valence-corrected chi connectivity index (χ1v) is 5.26. The number of hydrogen-bond acceptors (Lipinski definition) is 2. The lowest BCUT2D eigenvalue weighted by Crippen LogP contribution is -2.27. The van der Waals surface area contributed by atoms with Crippen molar-refractivity contribution in [3.05, 3.63) is 35.0 Å². The van der Waals surface area contributed by atoms with Gasteiger partial charge in [-0.25, -0.2) is 0 Å². The number of hydrogen-bond donors (Lipinski definition) is 0. The van der Waals surface area contributed by atoms with Crippen molar-refractivity contribution >= 4 is 16.9 Å². The predicted molar refractivity (Wildman–Crippen MR) is 61.2 cm³/mol. The molecule has 84 valence electrons. The summed E-state index contributed by atoms with van der Waals surface area (Å²) in [5.41, 5.74) is 4.22. The molecule has 0 fully saturated rings. The predicted octanol–water partition coefficient (Wildman–Crippen LogP) is 1.32. The second kappa shape index (κ2) is 3.67. The van der Waals surface area contributed by atoms with Gasteiger partial charge < -0.3 is 14.5 Å². The van der Waals surface area contributed by atoms with Crippen LogP contribution in [-0.4, -0.2) is 10.5 Å². The Morgan fingerprint density at radius 1 is 1.25 bits per heavy atom. The molecule has 0 amide bonds. The minimum atomic E-state index is -1.05. The summed E-state index contributed by atoms with van der Waals surface area (Å²) >= 11 is 0. The molecular formula is C13H14NO2-. The van der Waals surface area contributed by atoms with E-state index >= 15 is 0 Å². The van der Waals surface area contributed by atoms with Crippen molar-refractivity contribution in [2.45, 2.75) is 27.3 Å². The van der Waals surface area contributed by atoms with Crippen LogP contribution in [0.25, 0.3) is 10.9 Å². The fourth-order valence-electron chi connectivity index (χ4n) is 2.15. The summed E-state index contributed by atoms with van der Waals surface area (Å²) in [4.78, 5) is 10.7. The summed E-state index contributed by atoms with van der Waals surface area (Å²) in [6, 6.07) is 6.10. The zero-order valence-corrected chi connectivity index (χ0v) is 9.70. The Bertz CT molecular complexity index is 567. The lowest BCUT2D eigenvalue weighted by Gasteiger charge is -2.11. The molecule has 0 aliphatic carbocycles. The molecule has 0 spiro atoms. The maximum atomic E-state index is 10.7. The van der Waals surface area contributed by atoms with E-state index in [1.165, 1.54) is 5.56 Å². The summed E-state index contributed by atoms with van der Waals surface area (Å²) in [7, 11) is 0. The Balaban J connectivity index is 2.77. The second-order valence-corrected chi connectivity index (χ2v) is 4.21. The van der Waals surface area contributed by atoms with E-state index in [1.807, 2.05) is 32.9 Å². The van der Waals surface area contributed by atoms with Crippen molar-refractivity contribution in [3.8, 4) is 0 Å². The third kappa shape index (κ3) is 1.58. The number of carboxylic acid groups (broad SMARTS) is 1. The van der Waals surface area contributed by atoms with Gasteiger partial charge in [-0.15, -0.1) is 0 Å². The monoisotopic (exact) mass is 216 g/mol. The number of aromatic nitrogens is 1. The molecule has 0 aliphatic rings. The normalized spacial score (nSPS) is 10.9. The molecule has 1 heterocycles. The average molecular weight is 216 g/mol. The summed E-state index contributed by atoms with van der Waals surface area (Å²) in [6.45, 7) is 5.86. The lowest BCUT2D eigenvalue weighted by atomic mass is 10.1. The standard InChI is InChI=1S/C13H15NO2/c1-8-4-5-9(2)13-11(8)6-10(3)14(13)7-12(15)16/h4-6H,7H2,1-3H3,(H,15,16)/p-1. The van der Waals surface area contributed by atoms with Crippen LogP contribution in [0, 0.1) is 20.8 Å². The van der Waals surface area contributed by atoms with E-state index in [1.54, 1.807) is 4.57 Å². The van der Waals surface area contributed by atoms with Crippen LogP contribution in [0.1, 0.15) is 16.8 Å². The molecule has 0 atom stereocenters. The van der Waals surface area contributed by atoms with Gasteiger partial charge in [-0.05, 0) is 38.0 Å². The molecule has 0 radical (unpaired) electrons. The van der Waals surface area contributed by atoms with Gasteiger partial charge in [0.25, 0.3) is 0 Å². The number of carbonyl (C=O) groups is 1. The van der Waals surface area contributed by atoms with Crippen molar-refractivity contribution in [3.63, 3.8) is 0 Å². The summed E-state index contributed by atoms with van der Waals surface area (Å²) in [6.07, 6.45) is 0. The van der Waals surface area contributed by atoms with E-state index in [9.17, 15) is 9.90 Å². The Labute approximate surface area is 94.3 Å². The molecule has 1 aromatic carbocycles. The number of aliphatic carboxylic acids is 1.